The van der Waals surface area contributed by atoms with Gasteiger partial charge in [-0.05, 0) is 12.3 Å². The number of hydrogen-bond acceptors (Lipinski definition) is 6. The lowest BCUT2D eigenvalue weighted by atomic mass is 10.1. The highest BCUT2D eigenvalue weighted by atomic mass is 35.5. The van der Waals surface area contributed by atoms with Crippen molar-refractivity contribution in [3.63, 3.8) is 0 Å². The molecule has 8 nitrogen and oxygen atoms in total. The van der Waals surface area contributed by atoms with Gasteiger partial charge in [0.25, 0.3) is 0 Å². The van der Waals surface area contributed by atoms with E-state index in [1.165, 1.54) is 0 Å². The van der Waals surface area contributed by atoms with E-state index in [1.807, 2.05) is 18.1 Å². The summed E-state index contributed by atoms with van der Waals surface area (Å²) in [6, 6.07) is 0. The minimum absolute atomic E-state index is 0.125. The highest BCUT2D eigenvalue weighted by Gasteiger charge is 2.24. The predicted octanol–water partition coefficient (Wildman–Crippen LogP) is 1.89. The van der Waals surface area contributed by atoms with Gasteiger partial charge in [-0.2, -0.15) is 10.1 Å². The number of aromatic nitrogens is 4. The Hall–Kier alpha value is -2.35. The first-order chi connectivity index (χ1) is 11.5. The van der Waals surface area contributed by atoms with Crippen LogP contribution in [0.5, 0.6) is 0 Å². The van der Waals surface area contributed by atoms with E-state index in [-0.39, 0.29) is 5.91 Å². The van der Waals surface area contributed by atoms with Crippen molar-refractivity contribution >= 4 is 35.0 Å². The lowest BCUT2D eigenvalue weighted by Gasteiger charge is -2.15. The minimum Gasteiger partial charge on any atom is -0.368 e. The number of halogens is 1. The molecule has 2 N–H and O–H groups in total. The topological polar surface area (TPSA) is 88.0 Å². The summed E-state index contributed by atoms with van der Waals surface area (Å²) in [4.78, 5) is 21.8. The monoisotopic (exact) mass is 349 g/mol. The second-order valence-corrected chi connectivity index (χ2v) is 6.33. The van der Waals surface area contributed by atoms with Crippen molar-refractivity contribution in [2.45, 2.75) is 13.3 Å². The maximum absolute atomic E-state index is 11.4. The first kappa shape index (κ1) is 16.5. The van der Waals surface area contributed by atoms with Crippen LogP contribution in [-0.4, -0.2) is 50.2 Å². The molecule has 3 heterocycles. The van der Waals surface area contributed by atoms with Crippen LogP contribution in [0.1, 0.15) is 13.3 Å². The molecule has 1 aliphatic heterocycles. The third-order valence-electron chi connectivity index (χ3n) is 3.99. The van der Waals surface area contributed by atoms with Gasteiger partial charge in [0.05, 0.1) is 18.1 Å². The predicted molar refractivity (Wildman–Crippen MR) is 92.4 cm³/mol. The molecule has 24 heavy (non-hydrogen) atoms. The largest absolute Gasteiger partial charge is 0.368 e. The highest BCUT2D eigenvalue weighted by Crippen LogP contribution is 2.23. The van der Waals surface area contributed by atoms with Crippen LogP contribution in [0.4, 0.5) is 17.5 Å². The SMILES string of the molecule is CC(=O)N1CC[C@@H](CNc2nc(Nc3cnn(C)c3)ncc2Cl)C1. The molecule has 3 rings (SSSR count). The Morgan fingerprint density at radius 1 is 1.46 bits per heavy atom. The van der Waals surface area contributed by atoms with Gasteiger partial charge in [0.15, 0.2) is 5.82 Å². The molecule has 1 amide bonds. The zero-order valence-electron chi connectivity index (χ0n) is 13.7. The third kappa shape index (κ3) is 3.94. The van der Waals surface area contributed by atoms with Crippen LogP contribution in [0, 0.1) is 5.92 Å². The van der Waals surface area contributed by atoms with Gasteiger partial charge in [-0.1, -0.05) is 11.6 Å². The molecule has 1 fully saturated rings. The van der Waals surface area contributed by atoms with Crippen LogP contribution >= 0.6 is 11.6 Å². The van der Waals surface area contributed by atoms with Crippen molar-refractivity contribution in [3.8, 4) is 0 Å². The average Bonchev–Trinajstić information content (AvgIpc) is 3.17. The minimum atomic E-state index is 0.125. The van der Waals surface area contributed by atoms with Crippen LogP contribution in [0.2, 0.25) is 5.02 Å². The number of hydrogen-bond donors (Lipinski definition) is 2. The standard InChI is InChI=1S/C15H20ClN7O/c1-10(24)23-4-3-11(8-23)5-17-14-13(16)7-18-15(21-14)20-12-6-19-22(2)9-12/h6-7,9,11H,3-5,8H2,1-2H3,(H2,17,18,20,21)/t11-/m0/s1. The summed E-state index contributed by atoms with van der Waals surface area (Å²) in [5.41, 5.74) is 0.804. The number of anilines is 3. The van der Waals surface area contributed by atoms with E-state index >= 15 is 0 Å². The normalized spacial score (nSPS) is 17.1. The van der Waals surface area contributed by atoms with Gasteiger partial charge in [-0.25, -0.2) is 4.98 Å². The van der Waals surface area contributed by atoms with E-state index < -0.39 is 0 Å². The number of carbonyl (C=O) groups is 1. The Kier molecular flexibility index (Phi) is 4.84. The van der Waals surface area contributed by atoms with Gasteiger partial charge >= 0.3 is 0 Å². The Bertz CT molecular complexity index is 732. The quantitative estimate of drug-likeness (QED) is 0.857. The molecule has 0 aliphatic carbocycles. The lowest BCUT2D eigenvalue weighted by molar-refractivity contribution is -0.127. The zero-order chi connectivity index (χ0) is 17.1. The fourth-order valence-electron chi connectivity index (χ4n) is 2.69. The second-order valence-electron chi connectivity index (χ2n) is 5.92. The molecule has 1 atom stereocenters. The summed E-state index contributed by atoms with van der Waals surface area (Å²) in [6.45, 7) is 3.90. The molecule has 1 saturated heterocycles. The number of nitrogens with zero attached hydrogens (tertiary/aromatic N) is 5. The number of rotatable bonds is 5. The number of aryl methyl sites for hydroxylation is 1. The first-order valence-corrected chi connectivity index (χ1v) is 8.16. The van der Waals surface area contributed by atoms with Crippen LogP contribution in [0.3, 0.4) is 0 Å². The number of carbonyl (C=O) groups excluding carboxylic acids is 1. The fraction of sp³-hybridized carbons (Fsp3) is 0.467. The van der Waals surface area contributed by atoms with Crippen LogP contribution in [0.15, 0.2) is 18.6 Å². The fourth-order valence-corrected chi connectivity index (χ4v) is 2.85. The van der Waals surface area contributed by atoms with Crippen molar-refractivity contribution in [1.29, 1.82) is 0 Å². The van der Waals surface area contributed by atoms with Gasteiger partial charge < -0.3 is 15.5 Å². The lowest BCUT2D eigenvalue weighted by Crippen LogP contribution is -2.27. The Balaban J connectivity index is 1.61. The molecule has 0 radical (unpaired) electrons. The Labute approximate surface area is 145 Å². The molecule has 128 valence electrons. The van der Waals surface area contributed by atoms with Crippen LogP contribution in [0.25, 0.3) is 0 Å². The molecule has 0 saturated carbocycles. The highest BCUT2D eigenvalue weighted by molar-refractivity contribution is 6.32. The molecule has 0 spiro atoms. The molecular weight excluding hydrogens is 330 g/mol. The van der Waals surface area contributed by atoms with E-state index in [1.54, 1.807) is 24.0 Å². The van der Waals surface area contributed by atoms with E-state index in [0.717, 1.165) is 25.2 Å². The van der Waals surface area contributed by atoms with E-state index in [9.17, 15) is 4.79 Å². The summed E-state index contributed by atoms with van der Waals surface area (Å²) < 4.78 is 1.69. The molecule has 2 aromatic heterocycles. The Morgan fingerprint density at radius 3 is 2.96 bits per heavy atom. The van der Waals surface area contributed by atoms with Crippen molar-refractivity contribution in [1.82, 2.24) is 24.6 Å². The average molecular weight is 350 g/mol. The van der Waals surface area contributed by atoms with Crippen molar-refractivity contribution < 1.29 is 4.79 Å². The molecule has 2 aromatic rings. The van der Waals surface area contributed by atoms with E-state index in [2.05, 4.69) is 25.7 Å². The number of nitrogens with one attached hydrogen (secondary N) is 2. The smallest absolute Gasteiger partial charge is 0.229 e. The van der Waals surface area contributed by atoms with Crippen molar-refractivity contribution in [2.24, 2.45) is 13.0 Å². The van der Waals surface area contributed by atoms with Gasteiger partial charge in [0.2, 0.25) is 11.9 Å². The molecule has 9 heteroatoms. The van der Waals surface area contributed by atoms with Gasteiger partial charge in [0, 0.05) is 39.8 Å². The molecular formula is C15H20ClN7O. The zero-order valence-corrected chi connectivity index (χ0v) is 14.4. The summed E-state index contributed by atoms with van der Waals surface area (Å²) in [6.07, 6.45) is 6.07. The van der Waals surface area contributed by atoms with Crippen LogP contribution in [-0.2, 0) is 11.8 Å². The summed E-state index contributed by atoms with van der Waals surface area (Å²) in [5, 5.41) is 10.9. The molecule has 1 aliphatic rings. The van der Waals surface area contributed by atoms with Crippen molar-refractivity contribution in [2.75, 3.05) is 30.3 Å². The summed E-state index contributed by atoms with van der Waals surface area (Å²) in [7, 11) is 1.84. The molecule has 0 unspecified atom stereocenters. The third-order valence-corrected chi connectivity index (χ3v) is 4.27. The second kappa shape index (κ2) is 7.04. The van der Waals surface area contributed by atoms with Gasteiger partial charge in [-0.3, -0.25) is 9.48 Å². The van der Waals surface area contributed by atoms with E-state index in [4.69, 9.17) is 11.6 Å². The van der Waals surface area contributed by atoms with Gasteiger partial charge in [0.1, 0.15) is 5.02 Å². The number of amides is 1. The Morgan fingerprint density at radius 2 is 2.29 bits per heavy atom. The maximum atomic E-state index is 11.4. The molecule has 0 aromatic carbocycles. The first-order valence-electron chi connectivity index (χ1n) is 7.79. The maximum Gasteiger partial charge on any atom is 0.229 e. The molecule has 0 bridgehead atoms. The summed E-state index contributed by atoms with van der Waals surface area (Å²) >= 11 is 6.17. The van der Waals surface area contributed by atoms with E-state index in [0.29, 0.717) is 29.3 Å². The van der Waals surface area contributed by atoms with Crippen LogP contribution < -0.4 is 10.6 Å². The number of likely N-dealkylation sites (tertiary alicyclic amines) is 1. The van der Waals surface area contributed by atoms with Gasteiger partial charge in [-0.15, -0.1) is 0 Å². The van der Waals surface area contributed by atoms with Crippen molar-refractivity contribution in [3.05, 3.63) is 23.6 Å². The summed E-state index contributed by atoms with van der Waals surface area (Å²) in [5.74, 6) is 1.56.